The average molecular weight is 263 g/mol. The smallest absolute Gasteiger partial charge is 0.314 e. The molecule has 7 nitrogen and oxygen atoms in total. The van der Waals surface area contributed by atoms with Gasteiger partial charge in [0.25, 0.3) is 5.69 Å². The molecular weight excluding hydrogens is 250 g/mol. The summed E-state index contributed by atoms with van der Waals surface area (Å²) >= 11 is 0. The van der Waals surface area contributed by atoms with Crippen molar-refractivity contribution in [3.8, 4) is 0 Å². The maximum atomic E-state index is 11.7. The van der Waals surface area contributed by atoms with Gasteiger partial charge in [-0.3, -0.25) is 20.0 Å². The lowest BCUT2D eigenvalue weighted by atomic mass is 10.0. The van der Waals surface area contributed by atoms with Crippen molar-refractivity contribution < 1.29 is 14.5 Å². The lowest BCUT2D eigenvalue weighted by molar-refractivity contribution is -0.384. The Hall–Kier alpha value is -2.44. The van der Waals surface area contributed by atoms with E-state index in [1.165, 1.54) is 12.1 Å². The molecule has 0 radical (unpaired) electrons. The number of nitrogens with zero attached hydrogens (tertiary/aromatic N) is 2. The summed E-state index contributed by atoms with van der Waals surface area (Å²) < 4.78 is 4.94. The van der Waals surface area contributed by atoms with E-state index < -0.39 is 10.8 Å². The number of nitrogens with one attached hydrogen (secondary N) is 1. The van der Waals surface area contributed by atoms with E-state index in [0.29, 0.717) is 23.2 Å². The molecule has 0 aliphatic heterocycles. The van der Waals surface area contributed by atoms with Crippen LogP contribution in [0.2, 0.25) is 0 Å². The second-order valence-electron chi connectivity index (χ2n) is 4.07. The zero-order valence-electron chi connectivity index (χ0n) is 10.5. The van der Waals surface area contributed by atoms with Crippen molar-refractivity contribution in [1.82, 2.24) is 10.2 Å². The highest BCUT2D eigenvalue weighted by molar-refractivity contribution is 5.89. The first kappa shape index (κ1) is 13.0. The van der Waals surface area contributed by atoms with Gasteiger partial charge in [-0.05, 0) is 19.9 Å². The molecule has 1 aromatic heterocycles. The number of carbonyl (C=O) groups excluding carboxylic acids is 1. The van der Waals surface area contributed by atoms with Crippen molar-refractivity contribution in [2.45, 2.75) is 19.8 Å². The molecule has 1 N–H and O–H groups in total. The van der Waals surface area contributed by atoms with E-state index in [1.807, 2.05) is 0 Å². The summed E-state index contributed by atoms with van der Waals surface area (Å²) in [6, 6.07) is 4.34. The Morgan fingerprint density at radius 2 is 2.32 bits per heavy atom. The molecule has 1 unspecified atom stereocenters. The largest absolute Gasteiger partial charge is 0.465 e. The predicted octanol–water partition coefficient (Wildman–Crippen LogP) is 2.14. The molecule has 0 aliphatic carbocycles. The number of aromatic nitrogens is 2. The van der Waals surface area contributed by atoms with E-state index in [9.17, 15) is 14.9 Å². The molecule has 2 rings (SSSR count). The Morgan fingerprint density at radius 1 is 1.58 bits per heavy atom. The predicted molar refractivity (Wildman–Crippen MR) is 67.8 cm³/mol. The van der Waals surface area contributed by atoms with Crippen LogP contribution in [-0.2, 0) is 9.53 Å². The monoisotopic (exact) mass is 263 g/mol. The van der Waals surface area contributed by atoms with E-state index in [0.717, 1.165) is 0 Å². The van der Waals surface area contributed by atoms with Crippen molar-refractivity contribution in [2.75, 3.05) is 6.61 Å². The molecule has 0 saturated carbocycles. The lowest BCUT2D eigenvalue weighted by Gasteiger charge is -2.08. The summed E-state index contributed by atoms with van der Waals surface area (Å²) in [7, 11) is 0. The molecule has 0 saturated heterocycles. The zero-order valence-corrected chi connectivity index (χ0v) is 10.5. The van der Waals surface area contributed by atoms with Gasteiger partial charge in [0.1, 0.15) is 0 Å². The highest BCUT2D eigenvalue weighted by Gasteiger charge is 2.22. The fourth-order valence-corrected chi connectivity index (χ4v) is 1.85. The minimum Gasteiger partial charge on any atom is -0.465 e. The van der Waals surface area contributed by atoms with Crippen LogP contribution in [0.1, 0.15) is 25.5 Å². The van der Waals surface area contributed by atoms with Gasteiger partial charge in [0.2, 0.25) is 0 Å². The Kier molecular flexibility index (Phi) is 3.46. The van der Waals surface area contributed by atoms with Crippen LogP contribution < -0.4 is 0 Å². The van der Waals surface area contributed by atoms with Crippen LogP contribution in [0.25, 0.3) is 10.9 Å². The van der Waals surface area contributed by atoms with Crippen LogP contribution in [0.15, 0.2) is 18.2 Å². The summed E-state index contributed by atoms with van der Waals surface area (Å²) in [5.41, 5.74) is 1.03. The molecule has 0 bridgehead atoms. The first-order valence-corrected chi connectivity index (χ1v) is 5.83. The van der Waals surface area contributed by atoms with E-state index in [-0.39, 0.29) is 11.7 Å². The normalized spacial score (nSPS) is 12.3. The van der Waals surface area contributed by atoms with Crippen LogP contribution in [-0.4, -0.2) is 27.7 Å². The zero-order chi connectivity index (χ0) is 14.0. The molecule has 0 aliphatic rings. The maximum absolute atomic E-state index is 11.7. The number of rotatable bonds is 4. The number of hydrogen-bond acceptors (Lipinski definition) is 5. The van der Waals surface area contributed by atoms with Gasteiger partial charge in [-0.15, -0.1) is 0 Å². The van der Waals surface area contributed by atoms with Gasteiger partial charge in [-0.25, -0.2) is 0 Å². The lowest BCUT2D eigenvalue weighted by Crippen LogP contribution is -2.13. The minimum atomic E-state index is -0.494. The van der Waals surface area contributed by atoms with E-state index >= 15 is 0 Å². The van der Waals surface area contributed by atoms with Crippen molar-refractivity contribution in [2.24, 2.45) is 0 Å². The molecule has 7 heteroatoms. The molecule has 0 spiro atoms. The molecule has 1 heterocycles. The Bertz CT molecular complexity index is 635. The van der Waals surface area contributed by atoms with Gasteiger partial charge >= 0.3 is 5.97 Å². The van der Waals surface area contributed by atoms with Crippen LogP contribution in [0, 0.1) is 10.1 Å². The number of carbonyl (C=O) groups is 1. The van der Waals surface area contributed by atoms with Crippen LogP contribution in [0.4, 0.5) is 5.69 Å². The van der Waals surface area contributed by atoms with E-state index in [4.69, 9.17) is 4.74 Å². The van der Waals surface area contributed by atoms with Crippen molar-refractivity contribution >= 4 is 22.6 Å². The fourth-order valence-electron chi connectivity index (χ4n) is 1.85. The minimum absolute atomic E-state index is 0.0330. The number of benzene rings is 1. The van der Waals surface area contributed by atoms with Crippen molar-refractivity contribution in [3.05, 3.63) is 34.0 Å². The molecule has 0 fully saturated rings. The van der Waals surface area contributed by atoms with Gasteiger partial charge in [0.05, 0.1) is 28.7 Å². The third-order valence-corrected chi connectivity index (χ3v) is 2.85. The Labute approximate surface area is 108 Å². The first-order valence-electron chi connectivity index (χ1n) is 5.83. The highest BCUT2D eigenvalue weighted by atomic mass is 16.6. The number of esters is 1. The van der Waals surface area contributed by atoms with Gasteiger partial charge in [-0.2, -0.15) is 5.10 Å². The second-order valence-corrected chi connectivity index (χ2v) is 4.07. The van der Waals surface area contributed by atoms with E-state index in [1.54, 1.807) is 19.9 Å². The van der Waals surface area contributed by atoms with Gasteiger partial charge in [0, 0.05) is 17.5 Å². The number of hydrogen-bond donors (Lipinski definition) is 1. The Balaban J connectivity index is 2.40. The highest BCUT2D eigenvalue weighted by Crippen LogP contribution is 2.26. The third-order valence-electron chi connectivity index (χ3n) is 2.85. The Morgan fingerprint density at radius 3 is 2.95 bits per heavy atom. The summed E-state index contributed by atoms with van der Waals surface area (Å²) in [6.07, 6.45) is 0. The molecule has 19 heavy (non-hydrogen) atoms. The summed E-state index contributed by atoms with van der Waals surface area (Å²) in [6.45, 7) is 3.74. The first-order chi connectivity index (χ1) is 9.04. The number of ether oxygens (including phenoxy) is 1. The average Bonchev–Trinajstić information content (AvgIpc) is 2.80. The SMILES string of the molecule is CCOC(=O)C(C)c1[nH]nc2cc([N+](=O)[O-])ccc12. The summed E-state index contributed by atoms with van der Waals surface area (Å²) in [4.78, 5) is 21.9. The van der Waals surface area contributed by atoms with Crippen molar-refractivity contribution in [1.29, 1.82) is 0 Å². The number of non-ortho nitro benzene ring substituents is 1. The van der Waals surface area contributed by atoms with Crippen LogP contribution in [0.5, 0.6) is 0 Å². The molecule has 0 amide bonds. The third kappa shape index (κ3) is 2.40. The van der Waals surface area contributed by atoms with Crippen molar-refractivity contribution in [3.63, 3.8) is 0 Å². The number of nitro groups is 1. The number of nitro benzene ring substituents is 1. The van der Waals surface area contributed by atoms with Gasteiger partial charge in [-0.1, -0.05) is 0 Å². The van der Waals surface area contributed by atoms with Gasteiger partial charge < -0.3 is 4.74 Å². The fraction of sp³-hybridized carbons (Fsp3) is 0.333. The maximum Gasteiger partial charge on any atom is 0.314 e. The summed E-state index contributed by atoms with van der Waals surface area (Å²) in [5.74, 6) is -0.849. The quantitative estimate of drug-likeness (QED) is 0.517. The molecule has 100 valence electrons. The summed E-state index contributed by atoms with van der Waals surface area (Å²) in [5, 5.41) is 18.1. The second kappa shape index (κ2) is 5.05. The molecular formula is C12H13N3O4. The number of H-pyrrole nitrogens is 1. The standard InChI is InChI=1S/C12H13N3O4/c1-3-19-12(16)7(2)11-9-5-4-8(15(17)18)6-10(9)13-14-11/h4-7H,3H2,1-2H3,(H,13,14). The van der Waals surface area contributed by atoms with E-state index in [2.05, 4.69) is 10.2 Å². The van der Waals surface area contributed by atoms with Crippen LogP contribution in [0.3, 0.4) is 0 Å². The topological polar surface area (TPSA) is 98.1 Å². The molecule has 1 aromatic carbocycles. The molecule has 2 aromatic rings. The number of aromatic amines is 1. The van der Waals surface area contributed by atoms with Crippen LogP contribution >= 0.6 is 0 Å². The molecule has 1 atom stereocenters. The van der Waals surface area contributed by atoms with Gasteiger partial charge in [0.15, 0.2) is 0 Å². The number of fused-ring (bicyclic) bond motifs is 1.